The van der Waals surface area contributed by atoms with Crippen LogP contribution in [0.1, 0.15) is 41.4 Å². The van der Waals surface area contributed by atoms with Crippen LogP contribution < -0.4 is 20.3 Å². The van der Waals surface area contributed by atoms with Crippen LogP contribution in [0, 0.1) is 5.82 Å². The van der Waals surface area contributed by atoms with Crippen molar-refractivity contribution in [2.45, 2.75) is 31.3 Å². The number of carbonyl (C=O) groups is 1. The van der Waals surface area contributed by atoms with Gasteiger partial charge in [0, 0.05) is 51.4 Å². The molecule has 1 amide bonds. The lowest BCUT2D eigenvalue weighted by atomic mass is 9.98. The monoisotopic (exact) mass is 509 g/mol. The van der Waals surface area contributed by atoms with Crippen LogP contribution in [-0.4, -0.2) is 84.5 Å². The van der Waals surface area contributed by atoms with Crippen molar-refractivity contribution in [1.29, 1.82) is 0 Å². The number of piperidine rings is 1. The summed E-state index contributed by atoms with van der Waals surface area (Å²) in [6, 6.07) is 8.00. The third-order valence-electron chi connectivity index (χ3n) is 7.37. The van der Waals surface area contributed by atoms with Gasteiger partial charge in [-0.3, -0.25) is 4.79 Å². The summed E-state index contributed by atoms with van der Waals surface area (Å²) in [5, 5.41) is 4.95. The maximum atomic E-state index is 14.2. The highest BCUT2D eigenvalue weighted by atomic mass is 19.1. The van der Waals surface area contributed by atoms with E-state index in [0.717, 1.165) is 49.7 Å². The number of aromatic nitrogens is 3. The number of carbonyl (C=O) groups excluding carboxylic acids is 1. The van der Waals surface area contributed by atoms with Gasteiger partial charge in [-0.1, -0.05) is 0 Å². The average Bonchev–Trinajstić information content (AvgIpc) is 3.32. The number of nitrogens with zero attached hydrogens (tertiary/aromatic N) is 6. The minimum absolute atomic E-state index is 0.152. The molecular weight excluding hydrogens is 477 g/mol. The molecule has 2 N–H and O–H groups in total. The number of fused-ring (bicyclic) bond motifs is 4. The summed E-state index contributed by atoms with van der Waals surface area (Å²) >= 11 is 0. The van der Waals surface area contributed by atoms with Gasteiger partial charge in [0.2, 0.25) is 0 Å². The molecule has 5 heterocycles. The highest BCUT2D eigenvalue weighted by Crippen LogP contribution is 2.35. The fraction of sp³-hybridized carbons (Fsp3) is 0.500. The van der Waals surface area contributed by atoms with Crippen LogP contribution in [0.2, 0.25) is 0 Å². The van der Waals surface area contributed by atoms with E-state index in [0.29, 0.717) is 37.7 Å². The molecule has 1 atom stereocenters. The second kappa shape index (κ2) is 9.79. The van der Waals surface area contributed by atoms with Gasteiger partial charge in [-0.05, 0) is 37.5 Å². The van der Waals surface area contributed by atoms with Crippen LogP contribution in [-0.2, 0) is 4.74 Å². The maximum Gasteiger partial charge on any atom is 0.258 e. The fourth-order valence-corrected chi connectivity index (χ4v) is 5.32. The molecular formula is C26H32FN7O3. The Hall–Kier alpha value is -3.44. The number of likely N-dealkylation sites (N-methyl/N-ethyl adjacent to an activating group) is 1. The molecule has 1 unspecified atom stereocenters. The predicted molar refractivity (Wildman–Crippen MR) is 137 cm³/mol. The number of hydrogen-bond acceptors (Lipinski definition) is 8. The lowest BCUT2D eigenvalue weighted by Crippen LogP contribution is -2.56. The van der Waals surface area contributed by atoms with E-state index in [9.17, 15) is 9.18 Å². The summed E-state index contributed by atoms with van der Waals surface area (Å²) in [5.41, 5.74) is 7.74. The van der Waals surface area contributed by atoms with Gasteiger partial charge >= 0.3 is 0 Å². The number of halogens is 1. The largest absolute Gasteiger partial charge is 0.490 e. The molecule has 2 bridgehead atoms. The number of rotatable bonds is 1. The molecule has 3 aliphatic rings. The number of benzene rings is 1. The lowest BCUT2D eigenvalue weighted by molar-refractivity contribution is 0.0596. The average molecular weight is 510 g/mol. The molecule has 1 aromatic carbocycles. The molecule has 3 aromatic rings. The molecule has 0 radical (unpaired) electrons. The molecule has 2 aromatic heterocycles. The van der Waals surface area contributed by atoms with E-state index in [1.165, 1.54) is 18.2 Å². The molecule has 0 aliphatic carbocycles. The molecule has 6 rings (SSSR count). The Balaban J connectivity index is 1.44. The molecule has 11 heteroatoms. The SMILES string of the molecule is CN1CCOCCOc2ccc(F)cc2C(=O)N2CCCCC2c2cc3nc(N4CC(N)C4)cc1n3n2. The minimum Gasteiger partial charge on any atom is -0.490 e. The zero-order chi connectivity index (χ0) is 25.5. The van der Waals surface area contributed by atoms with E-state index in [1.54, 1.807) is 4.90 Å². The van der Waals surface area contributed by atoms with E-state index in [-0.39, 0.29) is 30.2 Å². The van der Waals surface area contributed by atoms with E-state index < -0.39 is 5.82 Å². The first kappa shape index (κ1) is 23.9. The summed E-state index contributed by atoms with van der Waals surface area (Å²) in [6.45, 7) is 3.82. The number of nitrogens with two attached hydrogens (primary N) is 1. The van der Waals surface area contributed by atoms with Crippen molar-refractivity contribution in [3.63, 3.8) is 0 Å². The Morgan fingerprint density at radius 3 is 2.78 bits per heavy atom. The number of amides is 1. The quantitative estimate of drug-likeness (QED) is 0.533. The van der Waals surface area contributed by atoms with Gasteiger partial charge in [0.25, 0.3) is 5.91 Å². The number of ether oxygens (including phenoxy) is 2. The van der Waals surface area contributed by atoms with Gasteiger partial charge in [-0.15, -0.1) is 0 Å². The van der Waals surface area contributed by atoms with E-state index in [4.69, 9.17) is 25.3 Å². The van der Waals surface area contributed by atoms with Crippen molar-refractivity contribution < 1.29 is 18.7 Å². The lowest BCUT2D eigenvalue weighted by Gasteiger charge is -2.38. The van der Waals surface area contributed by atoms with Crippen LogP contribution in [0.3, 0.4) is 0 Å². The summed E-state index contributed by atoms with van der Waals surface area (Å²) in [4.78, 5) is 24.7. The molecule has 3 aliphatic heterocycles. The Morgan fingerprint density at radius 1 is 1.08 bits per heavy atom. The Kier molecular flexibility index (Phi) is 6.33. The number of anilines is 2. The normalized spacial score (nSPS) is 21.5. The second-order valence-electron chi connectivity index (χ2n) is 10.0. The van der Waals surface area contributed by atoms with Crippen molar-refractivity contribution in [2.24, 2.45) is 5.73 Å². The summed E-state index contributed by atoms with van der Waals surface area (Å²) in [6.07, 6.45) is 2.62. The second-order valence-corrected chi connectivity index (χ2v) is 10.0. The van der Waals surface area contributed by atoms with E-state index in [1.807, 2.05) is 23.7 Å². The van der Waals surface area contributed by atoms with E-state index >= 15 is 0 Å². The summed E-state index contributed by atoms with van der Waals surface area (Å²) in [5.74, 6) is 1.37. The van der Waals surface area contributed by atoms with Gasteiger partial charge in [0.1, 0.15) is 29.8 Å². The first-order valence-electron chi connectivity index (χ1n) is 12.9. The smallest absolute Gasteiger partial charge is 0.258 e. The first-order valence-corrected chi connectivity index (χ1v) is 12.9. The van der Waals surface area contributed by atoms with Crippen LogP contribution in [0.15, 0.2) is 30.3 Å². The molecule has 37 heavy (non-hydrogen) atoms. The Morgan fingerprint density at radius 2 is 1.95 bits per heavy atom. The van der Waals surface area contributed by atoms with E-state index in [2.05, 4.69) is 9.80 Å². The van der Waals surface area contributed by atoms with Crippen LogP contribution >= 0.6 is 0 Å². The van der Waals surface area contributed by atoms with Gasteiger partial charge in [-0.2, -0.15) is 9.61 Å². The van der Waals surface area contributed by atoms with Crippen molar-refractivity contribution >= 4 is 23.2 Å². The van der Waals surface area contributed by atoms with Gasteiger partial charge in [0.05, 0.1) is 30.5 Å². The zero-order valence-electron chi connectivity index (χ0n) is 21.0. The molecule has 0 spiro atoms. The summed E-state index contributed by atoms with van der Waals surface area (Å²) in [7, 11) is 2.01. The van der Waals surface area contributed by atoms with Crippen LogP contribution in [0.4, 0.5) is 16.0 Å². The maximum absolute atomic E-state index is 14.2. The molecule has 196 valence electrons. The topological polar surface area (TPSA) is 101 Å². The van der Waals surface area contributed by atoms with Gasteiger partial charge < -0.3 is 29.9 Å². The number of hydrogen-bond donors (Lipinski definition) is 1. The van der Waals surface area contributed by atoms with Crippen molar-refractivity contribution in [3.8, 4) is 5.75 Å². The molecule has 0 saturated carbocycles. The summed E-state index contributed by atoms with van der Waals surface area (Å²) < 4.78 is 27.8. The Labute approximate surface area is 214 Å². The minimum atomic E-state index is -0.474. The molecule has 2 fully saturated rings. The fourth-order valence-electron chi connectivity index (χ4n) is 5.32. The highest BCUT2D eigenvalue weighted by molar-refractivity contribution is 5.97. The van der Waals surface area contributed by atoms with Gasteiger partial charge in [-0.25, -0.2) is 9.37 Å². The van der Waals surface area contributed by atoms with Crippen molar-refractivity contribution in [3.05, 3.63) is 47.4 Å². The molecule has 2 saturated heterocycles. The van der Waals surface area contributed by atoms with Gasteiger partial charge in [0.15, 0.2) is 5.65 Å². The van der Waals surface area contributed by atoms with Crippen molar-refractivity contribution in [2.75, 3.05) is 62.8 Å². The van der Waals surface area contributed by atoms with Crippen LogP contribution in [0.5, 0.6) is 5.75 Å². The molecule has 10 nitrogen and oxygen atoms in total. The first-order chi connectivity index (χ1) is 18.0. The zero-order valence-corrected chi connectivity index (χ0v) is 21.0. The van der Waals surface area contributed by atoms with Crippen LogP contribution in [0.25, 0.3) is 5.65 Å². The van der Waals surface area contributed by atoms with Crippen molar-refractivity contribution in [1.82, 2.24) is 19.5 Å². The Bertz CT molecular complexity index is 1310. The standard InChI is InChI=1S/C26H32FN7O3/c1-31-8-9-36-10-11-37-22-6-5-17(27)12-19(22)26(35)33-7-3-2-4-21(33)20-13-24-29-23(32-15-18(28)16-32)14-25(31)34(24)30-20/h5-6,12-14,18,21H,2-4,7-11,15-16,28H2,1H3. The highest BCUT2D eigenvalue weighted by Gasteiger charge is 2.33. The third-order valence-corrected chi connectivity index (χ3v) is 7.37. The predicted octanol–water partition coefficient (Wildman–Crippen LogP) is 2.23. The third kappa shape index (κ3) is 4.57.